The molecule has 0 fully saturated rings. The number of benzene rings is 1. The van der Waals surface area contributed by atoms with Crippen LogP contribution in [0.4, 0.5) is 19.3 Å². The predicted molar refractivity (Wildman–Crippen MR) is 117 cm³/mol. The number of hydrogen-bond donors (Lipinski definition) is 0. The number of hydrogen-bond acceptors (Lipinski definition) is 7. The summed E-state index contributed by atoms with van der Waals surface area (Å²) < 4.78 is 50.7. The van der Waals surface area contributed by atoms with E-state index in [-0.39, 0.29) is 21.8 Å². The minimum atomic E-state index is -1.26. The second-order valence-electron chi connectivity index (χ2n) is 7.94. The van der Waals surface area contributed by atoms with Gasteiger partial charge in [0, 0.05) is 18.5 Å². The van der Waals surface area contributed by atoms with Crippen molar-refractivity contribution in [3.8, 4) is 11.5 Å². The summed E-state index contributed by atoms with van der Waals surface area (Å²) in [5.41, 5.74) is -1.88. The molecule has 0 atom stereocenters. The number of nitrogens with zero attached hydrogens (tertiary/aromatic N) is 2. The maximum absolute atomic E-state index is 15.0. The van der Waals surface area contributed by atoms with Gasteiger partial charge in [-0.1, -0.05) is 11.6 Å². The number of rotatable bonds is 5. The van der Waals surface area contributed by atoms with E-state index in [1.165, 1.54) is 19.3 Å². The lowest BCUT2D eigenvalue weighted by Gasteiger charge is -2.24. The number of amides is 1. The average Bonchev–Trinajstić information content (AvgIpc) is 3.10. The topological polar surface area (TPSA) is 91.1 Å². The van der Waals surface area contributed by atoms with Crippen LogP contribution >= 0.6 is 11.6 Å². The van der Waals surface area contributed by atoms with E-state index in [1.807, 2.05) is 0 Å². The van der Waals surface area contributed by atoms with E-state index < -0.39 is 51.9 Å². The molecule has 3 rings (SSSR count). The number of carbonyl (C=O) groups is 2. The minimum absolute atomic E-state index is 0.0431. The summed E-state index contributed by atoms with van der Waals surface area (Å²) in [5.74, 6) is -5.08. The molecule has 176 valence electrons. The largest absolute Gasteiger partial charge is 0.494 e. The molecule has 0 bridgehead atoms. The third-order valence-electron chi connectivity index (χ3n) is 4.53. The third kappa shape index (κ3) is 4.56. The summed E-state index contributed by atoms with van der Waals surface area (Å²) in [6, 6.07) is 2.32. The van der Waals surface area contributed by atoms with Crippen LogP contribution in [-0.2, 0) is 4.74 Å². The molecule has 2 heterocycles. The number of aromatic nitrogens is 1. The molecule has 8 nitrogen and oxygen atoms in total. The number of methoxy groups -OCH3 is 2. The fourth-order valence-corrected chi connectivity index (χ4v) is 3.23. The van der Waals surface area contributed by atoms with Crippen molar-refractivity contribution in [3.63, 3.8) is 0 Å². The lowest BCUT2D eigenvalue weighted by atomic mass is 10.0. The van der Waals surface area contributed by atoms with Crippen molar-refractivity contribution in [1.29, 1.82) is 0 Å². The molecule has 0 N–H and O–H groups in total. The number of anilines is 1. The maximum Gasteiger partial charge on any atom is 0.414 e. The van der Waals surface area contributed by atoms with Crippen molar-refractivity contribution in [3.05, 3.63) is 46.4 Å². The summed E-state index contributed by atoms with van der Waals surface area (Å²) in [5, 5.41) is 0.254. The fraction of sp³-hybridized carbons (Fsp3) is 0.318. The van der Waals surface area contributed by atoms with Crippen molar-refractivity contribution in [2.45, 2.75) is 26.4 Å². The van der Waals surface area contributed by atoms with Gasteiger partial charge >= 0.3 is 6.09 Å². The minimum Gasteiger partial charge on any atom is -0.494 e. The van der Waals surface area contributed by atoms with Crippen LogP contribution in [0.2, 0.25) is 5.15 Å². The molecule has 2 aromatic heterocycles. The van der Waals surface area contributed by atoms with E-state index in [0.29, 0.717) is 0 Å². The highest BCUT2D eigenvalue weighted by Crippen LogP contribution is 2.39. The first kappa shape index (κ1) is 24.2. The Morgan fingerprint density at radius 1 is 1.09 bits per heavy atom. The lowest BCUT2D eigenvalue weighted by molar-refractivity contribution is 0.0589. The number of fused-ring (bicyclic) bond motifs is 1. The zero-order valence-electron chi connectivity index (χ0n) is 18.7. The van der Waals surface area contributed by atoms with E-state index in [0.717, 1.165) is 25.2 Å². The van der Waals surface area contributed by atoms with Crippen LogP contribution in [-0.4, -0.2) is 43.7 Å². The van der Waals surface area contributed by atoms with Gasteiger partial charge in [-0.25, -0.2) is 18.6 Å². The monoisotopic (exact) mass is 482 g/mol. The zero-order chi connectivity index (χ0) is 24.7. The van der Waals surface area contributed by atoms with Crippen LogP contribution in [0, 0.1) is 11.6 Å². The second kappa shape index (κ2) is 8.86. The summed E-state index contributed by atoms with van der Waals surface area (Å²) in [4.78, 5) is 31.0. The average molecular weight is 483 g/mol. The number of furan rings is 1. The number of pyridine rings is 1. The highest BCUT2D eigenvalue weighted by Gasteiger charge is 2.34. The van der Waals surface area contributed by atoms with Crippen LogP contribution in [0.1, 0.15) is 36.9 Å². The lowest BCUT2D eigenvalue weighted by Crippen LogP contribution is -2.34. The Hall–Kier alpha value is -3.40. The molecule has 33 heavy (non-hydrogen) atoms. The number of ether oxygens (including phenoxy) is 3. The van der Waals surface area contributed by atoms with E-state index >= 15 is 0 Å². The van der Waals surface area contributed by atoms with E-state index in [4.69, 9.17) is 30.2 Å². The maximum atomic E-state index is 15.0. The van der Waals surface area contributed by atoms with Crippen LogP contribution < -0.4 is 14.4 Å². The van der Waals surface area contributed by atoms with E-state index in [1.54, 1.807) is 20.8 Å². The standard InChI is InChI=1S/C22H21ClF2N2O6/c1-22(2,3)33-21(29)27(4)18-10-7-14(23)26-9-13(10)32-20(18)19(28)15-16(24)11(30-5)8-12(31-6)17(15)25/h7-9H,1-6H3. The smallest absolute Gasteiger partial charge is 0.414 e. The molecule has 3 aromatic rings. The van der Waals surface area contributed by atoms with E-state index in [9.17, 15) is 18.4 Å². The molecule has 0 aliphatic heterocycles. The molecule has 1 amide bonds. The molecular formula is C22H21ClF2N2O6. The summed E-state index contributed by atoms with van der Waals surface area (Å²) in [6.07, 6.45) is 0.385. The predicted octanol–water partition coefficient (Wildman–Crippen LogP) is 5.38. The normalized spacial score (nSPS) is 11.4. The van der Waals surface area contributed by atoms with Gasteiger partial charge in [-0.15, -0.1) is 0 Å². The van der Waals surface area contributed by atoms with Gasteiger partial charge in [-0.2, -0.15) is 0 Å². The number of halogens is 3. The fourth-order valence-electron chi connectivity index (χ4n) is 3.07. The third-order valence-corrected chi connectivity index (χ3v) is 4.73. The SMILES string of the molecule is COc1cc(OC)c(F)c(C(=O)c2oc3cnc(Cl)cc3c2N(C)C(=O)OC(C)(C)C)c1F. The molecule has 0 radical (unpaired) electrons. The van der Waals surface area contributed by atoms with Gasteiger partial charge in [0.05, 0.1) is 20.4 Å². The molecule has 0 unspecified atom stereocenters. The molecule has 0 aliphatic rings. The van der Waals surface area contributed by atoms with Gasteiger partial charge < -0.3 is 18.6 Å². The first-order valence-electron chi connectivity index (χ1n) is 9.59. The van der Waals surface area contributed by atoms with Gasteiger partial charge in [-0.05, 0) is 26.8 Å². The van der Waals surface area contributed by atoms with Crippen molar-refractivity contribution < 1.29 is 37.0 Å². The Balaban J connectivity index is 2.27. The summed E-state index contributed by atoms with van der Waals surface area (Å²) >= 11 is 5.99. The highest BCUT2D eigenvalue weighted by atomic mass is 35.5. The number of ketones is 1. The molecule has 0 saturated carbocycles. The molecular weight excluding hydrogens is 462 g/mol. The van der Waals surface area contributed by atoms with Crippen LogP contribution in [0.25, 0.3) is 11.0 Å². The van der Waals surface area contributed by atoms with Crippen molar-refractivity contribution in [1.82, 2.24) is 4.98 Å². The first-order valence-corrected chi connectivity index (χ1v) is 9.96. The van der Waals surface area contributed by atoms with Gasteiger partial charge in [0.15, 0.2) is 34.5 Å². The second-order valence-corrected chi connectivity index (χ2v) is 8.32. The Labute approximate surface area is 193 Å². The van der Waals surface area contributed by atoms with Gasteiger partial charge in [-0.3, -0.25) is 9.69 Å². The molecule has 0 saturated heterocycles. The van der Waals surface area contributed by atoms with Crippen LogP contribution in [0.3, 0.4) is 0 Å². The molecule has 0 spiro atoms. The Morgan fingerprint density at radius 3 is 2.18 bits per heavy atom. The van der Waals surface area contributed by atoms with E-state index in [2.05, 4.69) is 4.98 Å². The summed E-state index contributed by atoms with van der Waals surface area (Å²) in [7, 11) is 3.63. The van der Waals surface area contributed by atoms with Crippen LogP contribution in [0.5, 0.6) is 11.5 Å². The van der Waals surface area contributed by atoms with Crippen LogP contribution in [0.15, 0.2) is 22.7 Å². The highest BCUT2D eigenvalue weighted by molar-refractivity contribution is 6.30. The molecule has 0 aliphatic carbocycles. The Bertz CT molecular complexity index is 1220. The number of carbonyl (C=O) groups excluding carboxylic acids is 2. The van der Waals surface area contributed by atoms with Crippen molar-refractivity contribution >= 4 is 40.1 Å². The zero-order valence-corrected chi connectivity index (χ0v) is 19.5. The van der Waals surface area contributed by atoms with Gasteiger partial charge in [0.1, 0.15) is 22.0 Å². The quantitative estimate of drug-likeness (QED) is 0.356. The van der Waals surface area contributed by atoms with Gasteiger partial charge in [0.2, 0.25) is 5.78 Å². The van der Waals surface area contributed by atoms with Crippen molar-refractivity contribution in [2.24, 2.45) is 0 Å². The first-order chi connectivity index (χ1) is 15.4. The van der Waals surface area contributed by atoms with Gasteiger partial charge in [0.25, 0.3) is 0 Å². The molecule has 1 aromatic carbocycles. The summed E-state index contributed by atoms with van der Waals surface area (Å²) in [6.45, 7) is 4.98. The Kier molecular flexibility index (Phi) is 6.51. The van der Waals surface area contributed by atoms with Crippen molar-refractivity contribution in [2.75, 3.05) is 26.2 Å². The Morgan fingerprint density at radius 2 is 1.67 bits per heavy atom. The molecule has 11 heteroatoms.